The van der Waals surface area contributed by atoms with Crippen LogP contribution in [0.3, 0.4) is 0 Å². The van der Waals surface area contributed by atoms with Crippen LogP contribution < -0.4 is 5.32 Å². The Labute approximate surface area is 123 Å². The average Bonchev–Trinajstić information content (AvgIpc) is 2.80. The van der Waals surface area contributed by atoms with E-state index in [4.69, 9.17) is 5.11 Å². The predicted molar refractivity (Wildman–Crippen MR) is 79.8 cm³/mol. The molecule has 0 aromatic carbocycles. The van der Waals surface area contributed by atoms with Crippen molar-refractivity contribution in [3.63, 3.8) is 0 Å². The number of carbonyl (C=O) groups is 2. The summed E-state index contributed by atoms with van der Waals surface area (Å²) in [4.78, 5) is 30.0. The Bertz CT molecular complexity index is 538. The number of carboxylic acids is 1. The highest BCUT2D eigenvalue weighted by molar-refractivity contribution is 5.99. The number of nitrogens with one attached hydrogen (secondary N) is 2. The topological polar surface area (TPSA) is 88.7 Å². The van der Waals surface area contributed by atoms with Gasteiger partial charge in [-0.25, -0.2) is 9.59 Å². The molecule has 0 radical (unpaired) electrons. The van der Waals surface area contributed by atoms with E-state index in [1.165, 1.54) is 0 Å². The molecule has 1 saturated heterocycles. The third-order valence-corrected chi connectivity index (χ3v) is 3.82. The van der Waals surface area contributed by atoms with E-state index in [1.54, 1.807) is 17.9 Å². The summed E-state index contributed by atoms with van der Waals surface area (Å²) in [7, 11) is 4.01. The van der Waals surface area contributed by atoms with Crippen LogP contribution in [-0.4, -0.2) is 65.1 Å². The quantitative estimate of drug-likeness (QED) is 0.789. The van der Waals surface area contributed by atoms with E-state index >= 15 is 0 Å². The third-order valence-electron chi connectivity index (χ3n) is 3.82. The van der Waals surface area contributed by atoms with Gasteiger partial charge < -0.3 is 25.2 Å². The molecule has 1 aromatic rings. The van der Waals surface area contributed by atoms with E-state index in [-0.39, 0.29) is 11.7 Å². The van der Waals surface area contributed by atoms with Crippen molar-refractivity contribution in [2.24, 2.45) is 0 Å². The first-order valence-electron chi connectivity index (χ1n) is 7.03. The molecule has 1 fully saturated rings. The van der Waals surface area contributed by atoms with Crippen molar-refractivity contribution in [1.29, 1.82) is 0 Å². The van der Waals surface area contributed by atoms with Crippen molar-refractivity contribution >= 4 is 17.7 Å². The molecule has 2 heterocycles. The smallest absolute Gasteiger partial charge is 0.354 e. The zero-order valence-corrected chi connectivity index (χ0v) is 12.6. The van der Waals surface area contributed by atoms with Crippen LogP contribution in [0.2, 0.25) is 0 Å². The zero-order chi connectivity index (χ0) is 15.6. The first-order valence-corrected chi connectivity index (χ1v) is 7.03. The SMILES string of the molecule is Cc1cc(NC(=O)N2CCCC(N(C)C)C2)c(C(=O)O)[nH]1. The summed E-state index contributed by atoms with van der Waals surface area (Å²) in [5.74, 6) is -1.08. The van der Waals surface area contributed by atoms with Gasteiger partial charge in [-0.05, 0) is 39.9 Å². The normalized spacial score (nSPS) is 18.9. The summed E-state index contributed by atoms with van der Waals surface area (Å²) in [6, 6.07) is 1.73. The number of aryl methyl sites for hydroxylation is 1. The molecule has 1 unspecified atom stereocenters. The lowest BCUT2D eigenvalue weighted by Gasteiger charge is -2.36. The first kappa shape index (κ1) is 15.4. The second-order valence-electron chi connectivity index (χ2n) is 5.68. The number of likely N-dealkylation sites (N-methyl/N-ethyl adjacent to an activating group) is 1. The molecule has 0 bridgehead atoms. The second kappa shape index (κ2) is 6.17. The summed E-state index contributed by atoms with van der Waals surface area (Å²) in [6.07, 6.45) is 2.02. The maximum absolute atomic E-state index is 12.3. The van der Waals surface area contributed by atoms with E-state index in [2.05, 4.69) is 15.2 Å². The van der Waals surface area contributed by atoms with Gasteiger partial charge in [-0.2, -0.15) is 0 Å². The minimum absolute atomic E-state index is 0.0158. The Kier molecular flexibility index (Phi) is 4.52. The number of amides is 2. The van der Waals surface area contributed by atoms with E-state index in [0.717, 1.165) is 12.8 Å². The zero-order valence-electron chi connectivity index (χ0n) is 12.6. The van der Waals surface area contributed by atoms with Crippen molar-refractivity contribution in [2.45, 2.75) is 25.8 Å². The van der Waals surface area contributed by atoms with Crippen LogP contribution in [0.15, 0.2) is 6.07 Å². The van der Waals surface area contributed by atoms with Crippen LogP contribution in [0.5, 0.6) is 0 Å². The number of piperidine rings is 1. The summed E-state index contributed by atoms with van der Waals surface area (Å²) in [5.41, 5.74) is 1.03. The molecule has 21 heavy (non-hydrogen) atoms. The van der Waals surface area contributed by atoms with Crippen molar-refractivity contribution in [3.8, 4) is 0 Å². The molecular weight excluding hydrogens is 272 g/mol. The number of urea groups is 1. The van der Waals surface area contributed by atoms with Gasteiger partial charge >= 0.3 is 12.0 Å². The Hall–Kier alpha value is -2.02. The van der Waals surface area contributed by atoms with Crippen LogP contribution in [0.1, 0.15) is 29.0 Å². The Morgan fingerprint density at radius 3 is 2.81 bits per heavy atom. The summed E-state index contributed by atoms with van der Waals surface area (Å²) >= 11 is 0. The highest BCUT2D eigenvalue weighted by atomic mass is 16.4. The monoisotopic (exact) mass is 294 g/mol. The van der Waals surface area contributed by atoms with Crippen LogP contribution in [0.4, 0.5) is 10.5 Å². The number of likely N-dealkylation sites (tertiary alicyclic amines) is 1. The molecule has 0 saturated carbocycles. The maximum Gasteiger partial charge on any atom is 0.354 e. The van der Waals surface area contributed by atoms with Gasteiger partial charge in [0.1, 0.15) is 5.69 Å². The fraction of sp³-hybridized carbons (Fsp3) is 0.571. The number of carbonyl (C=O) groups excluding carboxylic acids is 1. The number of hydrogen-bond donors (Lipinski definition) is 3. The number of rotatable bonds is 3. The van der Waals surface area contributed by atoms with Crippen LogP contribution >= 0.6 is 0 Å². The number of nitrogens with zero attached hydrogens (tertiary/aromatic N) is 2. The van der Waals surface area contributed by atoms with Crippen molar-refractivity contribution in [3.05, 3.63) is 17.5 Å². The van der Waals surface area contributed by atoms with E-state index in [1.807, 2.05) is 14.1 Å². The van der Waals surface area contributed by atoms with Gasteiger partial charge in [0, 0.05) is 24.8 Å². The van der Waals surface area contributed by atoms with Gasteiger partial charge in [0.15, 0.2) is 0 Å². The fourth-order valence-electron chi connectivity index (χ4n) is 2.61. The van der Waals surface area contributed by atoms with E-state index in [9.17, 15) is 9.59 Å². The number of aromatic nitrogens is 1. The fourth-order valence-corrected chi connectivity index (χ4v) is 2.61. The molecule has 116 valence electrons. The molecule has 1 aliphatic heterocycles. The first-order chi connectivity index (χ1) is 9.88. The number of anilines is 1. The lowest BCUT2D eigenvalue weighted by molar-refractivity contribution is 0.0692. The molecule has 1 aliphatic rings. The van der Waals surface area contributed by atoms with Crippen LogP contribution in [-0.2, 0) is 0 Å². The molecule has 2 amide bonds. The molecular formula is C14H22N4O3. The second-order valence-corrected chi connectivity index (χ2v) is 5.68. The van der Waals surface area contributed by atoms with Gasteiger partial charge in [0.2, 0.25) is 0 Å². The number of aromatic carboxylic acids is 1. The van der Waals surface area contributed by atoms with Gasteiger partial charge in [0.05, 0.1) is 5.69 Å². The summed E-state index contributed by atoms with van der Waals surface area (Å²) in [6.45, 7) is 3.11. The Morgan fingerprint density at radius 1 is 1.48 bits per heavy atom. The summed E-state index contributed by atoms with van der Waals surface area (Å²) in [5, 5.41) is 11.8. The lowest BCUT2D eigenvalue weighted by atomic mass is 10.1. The van der Waals surface area contributed by atoms with E-state index < -0.39 is 5.97 Å². The van der Waals surface area contributed by atoms with Gasteiger partial charge in [0.25, 0.3) is 0 Å². The van der Waals surface area contributed by atoms with Crippen molar-refractivity contribution in [1.82, 2.24) is 14.8 Å². The average molecular weight is 294 g/mol. The minimum atomic E-state index is -1.08. The molecule has 7 nitrogen and oxygen atoms in total. The summed E-state index contributed by atoms with van der Waals surface area (Å²) < 4.78 is 0. The highest BCUT2D eigenvalue weighted by Gasteiger charge is 2.26. The molecule has 0 spiro atoms. The number of carboxylic acid groups (broad SMARTS) is 1. The van der Waals surface area contributed by atoms with E-state index in [0.29, 0.717) is 30.5 Å². The minimum Gasteiger partial charge on any atom is -0.477 e. The number of H-pyrrole nitrogens is 1. The van der Waals surface area contributed by atoms with Gasteiger partial charge in [-0.15, -0.1) is 0 Å². The molecule has 1 atom stereocenters. The number of aromatic amines is 1. The molecule has 2 rings (SSSR count). The Balaban J connectivity index is 2.06. The maximum atomic E-state index is 12.3. The van der Waals surface area contributed by atoms with Crippen LogP contribution in [0, 0.1) is 6.92 Å². The largest absolute Gasteiger partial charge is 0.477 e. The van der Waals surface area contributed by atoms with Gasteiger partial charge in [-0.3, -0.25) is 0 Å². The van der Waals surface area contributed by atoms with Crippen molar-refractivity contribution < 1.29 is 14.7 Å². The van der Waals surface area contributed by atoms with Crippen molar-refractivity contribution in [2.75, 3.05) is 32.5 Å². The molecule has 1 aromatic heterocycles. The molecule has 7 heteroatoms. The highest BCUT2D eigenvalue weighted by Crippen LogP contribution is 2.19. The molecule has 0 aliphatic carbocycles. The lowest BCUT2D eigenvalue weighted by Crippen LogP contribution is -2.48. The predicted octanol–water partition coefficient (Wildman–Crippen LogP) is 1.58. The van der Waals surface area contributed by atoms with Crippen LogP contribution in [0.25, 0.3) is 0 Å². The number of hydrogen-bond acceptors (Lipinski definition) is 3. The Morgan fingerprint density at radius 2 is 2.19 bits per heavy atom. The molecule has 3 N–H and O–H groups in total. The third kappa shape index (κ3) is 3.55. The van der Waals surface area contributed by atoms with Gasteiger partial charge in [-0.1, -0.05) is 0 Å². The standard InChI is InChI=1S/C14H22N4O3/c1-9-7-11(12(15-9)13(19)20)16-14(21)18-6-4-5-10(8-18)17(2)3/h7,10,15H,4-6,8H2,1-3H3,(H,16,21)(H,19,20).